The third kappa shape index (κ3) is 3.43. The SMILES string of the molecule is O=C(NCCc1ccc(F)cc1Cl)C1CCCN1. The molecule has 1 atom stereocenters. The van der Waals surface area contributed by atoms with Crippen molar-refractivity contribution in [3.63, 3.8) is 0 Å². The first kappa shape index (κ1) is 13.3. The van der Waals surface area contributed by atoms with E-state index < -0.39 is 0 Å². The van der Waals surface area contributed by atoms with Crippen LogP contribution in [0.15, 0.2) is 18.2 Å². The molecule has 2 N–H and O–H groups in total. The lowest BCUT2D eigenvalue weighted by molar-refractivity contribution is -0.122. The summed E-state index contributed by atoms with van der Waals surface area (Å²) in [4.78, 5) is 11.7. The van der Waals surface area contributed by atoms with Gasteiger partial charge in [0.15, 0.2) is 0 Å². The predicted molar refractivity (Wildman–Crippen MR) is 69.1 cm³/mol. The molecule has 5 heteroatoms. The maximum Gasteiger partial charge on any atom is 0.237 e. The van der Waals surface area contributed by atoms with Crippen LogP contribution in [-0.4, -0.2) is 25.0 Å². The third-order valence-corrected chi connectivity index (χ3v) is 3.44. The molecule has 0 spiro atoms. The zero-order chi connectivity index (χ0) is 13.0. The number of halogens is 2. The molecule has 1 aliphatic rings. The molecular weight excluding hydrogens is 255 g/mol. The molecule has 1 fully saturated rings. The van der Waals surface area contributed by atoms with Crippen LogP contribution in [0.2, 0.25) is 5.02 Å². The van der Waals surface area contributed by atoms with Crippen molar-refractivity contribution in [2.24, 2.45) is 0 Å². The number of benzene rings is 1. The molecule has 1 aromatic carbocycles. The Hall–Kier alpha value is -1.13. The van der Waals surface area contributed by atoms with Gasteiger partial charge < -0.3 is 10.6 Å². The predicted octanol–water partition coefficient (Wildman–Crippen LogP) is 1.89. The molecule has 1 amide bonds. The normalized spacial score (nSPS) is 18.9. The molecule has 0 bridgehead atoms. The van der Waals surface area contributed by atoms with Gasteiger partial charge in [-0.15, -0.1) is 0 Å². The standard InChI is InChI=1S/C13H16ClFN2O/c14-11-8-10(15)4-3-9(11)5-7-17-13(18)12-2-1-6-16-12/h3-4,8,12,16H,1-2,5-7H2,(H,17,18). The lowest BCUT2D eigenvalue weighted by Gasteiger charge is -2.11. The highest BCUT2D eigenvalue weighted by Gasteiger charge is 2.21. The topological polar surface area (TPSA) is 41.1 Å². The van der Waals surface area contributed by atoms with Crippen molar-refractivity contribution in [2.45, 2.75) is 25.3 Å². The van der Waals surface area contributed by atoms with Crippen molar-refractivity contribution in [3.05, 3.63) is 34.6 Å². The first-order valence-electron chi connectivity index (χ1n) is 6.12. The molecule has 1 saturated heterocycles. The lowest BCUT2D eigenvalue weighted by Crippen LogP contribution is -2.41. The molecule has 1 heterocycles. The minimum atomic E-state index is -0.344. The van der Waals surface area contributed by atoms with E-state index in [-0.39, 0.29) is 17.8 Å². The van der Waals surface area contributed by atoms with Crippen LogP contribution in [-0.2, 0) is 11.2 Å². The molecule has 2 rings (SSSR count). The minimum absolute atomic E-state index is 0.0331. The first-order valence-corrected chi connectivity index (χ1v) is 6.49. The van der Waals surface area contributed by atoms with Crippen molar-refractivity contribution in [1.29, 1.82) is 0 Å². The van der Waals surface area contributed by atoms with Gasteiger partial charge in [-0.1, -0.05) is 17.7 Å². The summed E-state index contributed by atoms with van der Waals surface area (Å²) in [5.74, 6) is -0.311. The van der Waals surface area contributed by atoms with E-state index in [0.29, 0.717) is 18.0 Å². The molecule has 0 radical (unpaired) electrons. The Labute approximate surface area is 111 Å². The number of hydrogen-bond acceptors (Lipinski definition) is 2. The molecule has 0 aromatic heterocycles. The molecular formula is C13H16ClFN2O. The maximum atomic E-state index is 12.8. The summed E-state index contributed by atoms with van der Waals surface area (Å²) in [7, 11) is 0. The minimum Gasteiger partial charge on any atom is -0.354 e. The Morgan fingerprint density at radius 3 is 3.06 bits per heavy atom. The average molecular weight is 271 g/mol. The van der Waals surface area contributed by atoms with E-state index in [9.17, 15) is 9.18 Å². The van der Waals surface area contributed by atoms with Gasteiger partial charge in [0.2, 0.25) is 5.91 Å². The second-order valence-electron chi connectivity index (χ2n) is 4.43. The van der Waals surface area contributed by atoms with Gasteiger partial charge in [-0.25, -0.2) is 4.39 Å². The number of carbonyl (C=O) groups is 1. The highest BCUT2D eigenvalue weighted by molar-refractivity contribution is 6.31. The third-order valence-electron chi connectivity index (χ3n) is 3.09. The van der Waals surface area contributed by atoms with Crippen molar-refractivity contribution >= 4 is 17.5 Å². The molecule has 98 valence electrons. The van der Waals surface area contributed by atoms with Gasteiger partial charge in [-0.3, -0.25) is 4.79 Å². The Balaban J connectivity index is 1.79. The fraction of sp³-hybridized carbons (Fsp3) is 0.462. The van der Waals surface area contributed by atoms with Gasteiger partial charge in [-0.2, -0.15) is 0 Å². The summed E-state index contributed by atoms with van der Waals surface area (Å²) in [6.07, 6.45) is 2.54. The van der Waals surface area contributed by atoms with E-state index in [2.05, 4.69) is 10.6 Å². The van der Waals surface area contributed by atoms with Gasteiger partial charge in [-0.05, 0) is 43.5 Å². The van der Waals surface area contributed by atoms with Crippen LogP contribution >= 0.6 is 11.6 Å². The lowest BCUT2D eigenvalue weighted by atomic mass is 10.1. The maximum absolute atomic E-state index is 12.8. The molecule has 1 aliphatic heterocycles. The quantitative estimate of drug-likeness (QED) is 0.877. The zero-order valence-electron chi connectivity index (χ0n) is 10.0. The summed E-state index contributed by atoms with van der Waals surface area (Å²) in [5, 5.41) is 6.40. The largest absolute Gasteiger partial charge is 0.354 e. The molecule has 0 saturated carbocycles. The summed E-state index contributed by atoms with van der Waals surface area (Å²) in [5.41, 5.74) is 0.845. The van der Waals surface area contributed by atoms with E-state index >= 15 is 0 Å². The fourth-order valence-electron chi connectivity index (χ4n) is 2.08. The highest BCUT2D eigenvalue weighted by Crippen LogP contribution is 2.17. The van der Waals surface area contributed by atoms with Gasteiger partial charge >= 0.3 is 0 Å². The first-order chi connectivity index (χ1) is 8.66. The van der Waals surface area contributed by atoms with E-state index in [1.165, 1.54) is 12.1 Å². The summed E-state index contributed by atoms with van der Waals surface area (Å²) < 4.78 is 12.8. The van der Waals surface area contributed by atoms with Gasteiger partial charge in [0, 0.05) is 11.6 Å². The van der Waals surface area contributed by atoms with Crippen molar-refractivity contribution in [2.75, 3.05) is 13.1 Å². The smallest absolute Gasteiger partial charge is 0.237 e. The van der Waals surface area contributed by atoms with E-state index in [1.54, 1.807) is 6.07 Å². The van der Waals surface area contributed by atoms with Crippen LogP contribution in [0.5, 0.6) is 0 Å². The Kier molecular flexibility index (Phi) is 4.55. The van der Waals surface area contributed by atoms with E-state index in [1.807, 2.05) is 0 Å². The number of carbonyl (C=O) groups excluding carboxylic acids is 1. The zero-order valence-corrected chi connectivity index (χ0v) is 10.8. The van der Waals surface area contributed by atoms with Crippen LogP contribution in [0.25, 0.3) is 0 Å². The van der Waals surface area contributed by atoms with Crippen LogP contribution in [0.3, 0.4) is 0 Å². The average Bonchev–Trinajstić information content (AvgIpc) is 2.85. The molecule has 3 nitrogen and oxygen atoms in total. The van der Waals surface area contributed by atoms with Crippen molar-refractivity contribution < 1.29 is 9.18 Å². The van der Waals surface area contributed by atoms with Crippen LogP contribution < -0.4 is 10.6 Å². The molecule has 1 unspecified atom stereocenters. The van der Waals surface area contributed by atoms with Crippen LogP contribution in [0.4, 0.5) is 4.39 Å². The summed E-state index contributed by atoms with van der Waals surface area (Å²) in [6.45, 7) is 1.42. The Morgan fingerprint density at radius 2 is 2.39 bits per heavy atom. The second-order valence-corrected chi connectivity index (χ2v) is 4.83. The van der Waals surface area contributed by atoms with Crippen LogP contribution in [0.1, 0.15) is 18.4 Å². The number of hydrogen-bond donors (Lipinski definition) is 2. The van der Waals surface area contributed by atoms with Gasteiger partial charge in [0.1, 0.15) is 5.82 Å². The van der Waals surface area contributed by atoms with Crippen LogP contribution in [0, 0.1) is 5.82 Å². The molecule has 1 aromatic rings. The van der Waals surface area contributed by atoms with E-state index in [4.69, 9.17) is 11.6 Å². The second kappa shape index (κ2) is 6.16. The number of rotatable bonds is 4. The molecule has 18 heavy (non-hydrogen) atoms. The van der Waals surface area contributed by atoms with Crippen molar-refractivity contribution in [1.82, 2.24) is 10.6 Å². The van der Waals surface area contributed by atoms with E-state index in [0.717, 1.165) is 24.9 Å². The Bertz CT molecular complexity index is 433. The molecule has 0 aliphatic carbocycles. The monoisotopic (exact) mass is 270 g/mol. The van der Waals surface area contributed by atoms with Crippen molar-refractivity contribution in [3.8, 4) is 0 Å². The highest BCUT2D eigenvalue weighted by atomic mass is 35.5. The summed E-state index contributed by atoms with van der Waals surface area (Å²) >= 11 is 5.91. The summed E-state index contributed by atoms with van der Waals surface area (Å²) in [6, 6.07) is 4.25. The number of nitrogens with one attached hydrogen (secondary N) is 2. The van der Waals surface area contributed by atoms with Gasteiger partial charge in [0.05, 0.1) is 6.04 Å². The number of amides is 1. The van der Waals surface area contributed by atoms with Gasteiger partial charge in [0.25, 0.3) is 0 Å². The fourth-order valence-corrected chi connectivity index (χ4v) is 2.34. The Morgan fingerprint density at radius 1 is 1.56 bits per heavy atom.